The topological polar surface area (TPSA) is 54.5 Å². The second kappa shape index (κ2) is 5.36. The Hall–Kier alpha value is -2.09. The number of pyridine rings is 1. The fraction of sp³-hybridized carbons (Fsp3) is 0.133. The lowest BCUT2D eigenvalue weighted by molar-refractivity contribution is 0.797. The van der Waals surface area contributed by atoms with E-state index in [-0.39, 0.29) is 0 Å². The predicted octanol–water partition coefficient (Wildman–Crippen LogP) is 3.97. The van der Waals surface area contributed by atoms with Crippen LogP contribution in [-0.2, 0) is 6.54 Å². The van der Waals surface area contributed by atoms with E-state index in [9.17, 15) is 0 Å². The highest BCUT2D eigenvalue weighted by molar-refractivity contribution is 6.32. The summed E-state index contributed by atoms with van der Waals surface area (Å²) in [5, 5.41) is 9.84. The van der Waals surface area contributed by atoms with Gasteiger partial charge in [-0.25, -0.2) is 4.98 Å². The Morgan fingerprint density at radius 3 is 2.76 bits per heavy atom. The fourth-order valence-corrected chi connectivity index (χ4v) is 2.52. The lowest BCUT2D eigenvalue weighted by atomic mass is 10.2. The highest BCUT2D eigenvalue weighted by Gasteiger charge is 2.12. The minimum atomic E-state index is 0.387. The van der Waals surface area contributed by atoms with Crippen molar-refractivity contribution in [3.05, 3.63) is 57.6 Å². The van der Waals surface area contributed by atoms with Crippen molar-refractivity contribution < 1.29 is 0 Å². The number of hydrogen-bond donors (Lipinski definition) is 0. The molecule has 0 bridgehead atoms. The molecule has 0 atom stereocenters. The van der Waals surface area contributed by atoms with Crippen LogP contribution in [0.15, 0.2) is 30.5 Å². The number of rotatable bonds is 2. The van der Waals surface area contributed by atoms with Crippen LogP contribution < -0.4 is 0 Å². The summed E-state index contributed by atoms with van der Waals surface area (Å²) in [4.78, 5) is 8.57. The maximum Gasteiger partial charge on any atom is 0.204 e. The van der Waals surface area contributed by atoms with Gasteiger partial charge in [-0.2, -0.15) is 5.26 Å². The van der Waals surface area contributed by atoms with Gasteiger partial charge in [0.1, 0.15) is 6.07 Å². The molecule has 0 fully saturated rings. The molecule has 104 valence electrons. The van der Waals surface area contributed by atoms with Crippen molar-refractivity contribution in [3.63, 3.8) is 0 Å². The van der Waals surface area contributed by atoms with Gasteiger partial charge < -0.3 is 4.57 Å². The smallest absolute Gasteiger partial charge is 0.204 e. The van der Waals surface area contributed by atoms with Crippen LogP contribution in [0.5, 0.6) is 0 Å². The van der Waals surface area contributed by atoms with Crippen LogP contribution in [0.25, 0.3) is 11.0 Å². The van der Waals surface area contributed by atoms with Crippen LogP contribution in [0.2, 0.25) is 10.3 Å². The van der Waals surface area contributed by atoms with Gasteiger partial charge in [0.05, 0.1) is 28.8 Å². The molecule has 0 aliphatic rings. The molecule has 3 aromatic rings. The van der Waals surface area contributed by atoms with Crippen molar-refractivity contribution in [1.82, 2.24) is 14.5 Å². The van der Waals surface area contributed by atoms with E-state index in [1.165, 1.54) is 0 Å². The van der Waals surface area contributed by atoms with Gasteiger partial charge in [-0.05, 0) is 48.4 Å². The van der Waals surface area contributed by atoms with Gasteiger partial charge in [-0.1, -0.05) is 11.6 Å². The van der Waals surface area contributed by atoms with Crippen molar-refractivity contribution in [1.29, 1.82) is 5.26 Å². The summed E-state index contributed by atoms with van der Waals surface area (Å²) in [5.74, 6) is 0. The van der Waals surface area contributed by atoms with Crippen molar-refractivity contribution in [2.24, 2.45) is 0 Å². The zero-order valence-corrected chi connectivity index (χ0v) is 12.7. The standard InChI is InChI=1S/C15H10Cl2N4/c1-9-4-14-13(5-12(9)16)20-15(17)21(14)8-11-3-2-10(6-18)7-19-11/h2-5,7H,8H2,1H3. The first-order valence-electron chi connectivity index (χ1n) is 6.25. The van der Waals surface area contributed by atoms with Crippen LogP contribution >= 0.6 is 23.2 Å². The number of nitrogens with zero attached hydrogens (tertiary/aromatic N) is 4. The summed E-state index contributed by atoms with van der Waals surface area (Å²) in [6.45, 7) is 2.43. The molecule has 21 heavy (non-hydrogen) atoms. The monoisotopic (exact) mass is 316 g/mol. The average Bonchev–Trinajstić information content (AvgIpc) is 2.76. The van der Waals surface area contributed by atoms with E-state index in [1.54, 1.807) is 18.3 Å². The predicted molar refractivity (Wildman–Crippen MR) is 82.5 cm³/mol. The molecule has 0 N–H and O–H groups in total. The molecule has 0 saturated carbocycles. The molecule has 2 aromatic heterocycles. The fourth-order valence-electron chi connectivity index (χ4n) is 2.12. The molecule has 0 spiro atoms. The maximum absolute atomic E-state index is 8.79. The summed E-state index contributed by atoms with van der Waals surface area (Å²) in [6, 6.07) is 9.35. The number of aryl methyl sites for hydroxylation is 1. The lowest BCUT2D eigenvalue weighted by Crippen LogP contribution is -2.02. The highest BCUT2D eigenvalue weighted by atomic mass is 35.5. The first-order valence-corrected chi connectivity index (χ1v) is 7.01. The van der Waals surface area contributed by atoms with E-state index in [1.807, 2.05) is 29.7 Å². The van der Waals surface area contributed by atoms with E-state index in [0.717, 1.165) is 22.3 Å². The number of benzene rings is 1. The molecular weight excluding hydrogens is 307 g/mol. The maximum atomic E-state index is 8.79. The Labute approximate surface area is 131 Å². The van der Waals surface area contributed by atoms with E-state index in [2.05, 4.69) is 9.97 Å². The Bertz CT molecular complexity index is 860. The van der Waals surface area contributed by atoms with Crippen LogP contribution in [0.3, 0.4) is 0 Å². The lowest BCUT2D eigenvalue weighted by Gasteiger charge is -2.06. The third kappa shape index (κ3) is 2.58. The molecule has 4 nitrogen and oxygen atoms in total. The summed E-state index contributed by atoms with van der Waals surface area (Å²) in [5.41, 5.74) is 3.97. The van der Waals surface area contributed by atoms with E-state index >= 15 is 0 Å². The third-order valence-corrected chi connectivity index (χ3v) is 3.95. The van der Waals surface area contributed by atoms with Gasteiger partial charge in [0.25, 0.3) is 0 Å². The van der Waals surface area contributed by atoms with Crippen LogP contribution in [0.4, 0.5) is 0 Å². The van der Waals surface area contributed by atoms with E-state index < -0.39 is 0 Å². The quantitative estimate of drug-likeness (QED) is 0.719. The summed E-state index contributed by atoms with van der Waals surface area (Å²) in [7, 11) is 0. The Morgan fingerprint density at radius 1 is 1.29 bits per heavy atom. The molecule has 0 amide bonds. The minimum Gasteiger partial charge on any atom is -0.309 e. The largest absolute Gasteiger partial charge is 0.309 e. The van der Waals surface area contributed by atoms with Gasteiger partial charge in [0.2, 0.25) is 5.28 Å². The number of imidazole rings is 1. The molecule has 0 radical (unpaired) electrons. The zero-order chi connectivity index (χ0) is 15.0. The van der Waals surface area contributed by atoms with Crippen LogP contribution in [0.1, 0.15) is 16.8 Å². The first kappa shape index (κ1) is 13.9. The Kier molecular flexibility index (Phi) is 3.54. The molecule has 0 saturated heterocycles. The summed E-state index contributed by atoms with van der Waals surface area (Å²) >= 11 is 12.3. The second-order valence-corrected chi connectivity index (χ2v) is 5.45. The number of aromatic nitrogens is 3. The number of hydrogen-bond acceptors (Lipinski definition) is 3. The molecular formula is C15H10Cl2N4. The average molecular weight is 317 g/mol. The minimum absolute atomic E-state index is 0.387. The first-order chi connectivity index (χ1) is 10.1. The van der Waals surface area contributed by atoms with Gasteiger partial charge in [-0.3, -0.25) is 4.98 Å². The van der Waals surface area contributed by atoms with Crippen molar-refractivity contribution in [2.45, 2.75) is 13.5 Å². The molecule has 6 heteroatoms. The molecule has 2 heterocycles. The summed E-state index contributed by atoms with van der Waals surface area (Å²) in [6.07, 6.45) is 1.55. The molecule has 1 aromatic carbocycles. The van der Waals surface area contributed by atoms with Crippen LogP contribution in [-0.4, -0.2) is 14.5 Å². The molecule has 3 rings (SSSR count). The Balaban J connectivity index is 2.05. The molecule has 0 unspecified atom stereocenters. The van der Waals surface area contributed by atoms with Gasteiger partial charge >= 0.3 is 0 Å². The number of halogens is 2. The second-order valence-electron chi connectivity index (χ2n) is 4.71. The summed E-state index contributed by atoms with van der Waals surface area (Å²) < 4.78 is 1.87. The molecule has 0 aliphatic heterocycles. The van der Waals surface area contributed by atoms with Crippen LogP contribution in [0, 0.1) is 18.3 Å². The third-order valence-electron chi connectivity index (χ3n) is 3.26. The van der Waals surface area contributed by atoms with E-state index in [4.69, 9.17) is 28.5 Å². The molecule has 0 aliphatic carbocycles. The normalized spacial score (nSPS) is 10.8. The Morgan fingerprint density at radius 2 is 2.10 bits per heavy atom. The zero-order valence-electron chi connectivity index (χ0n) is 11.1. The van der Waals surface area contributed by atoms with Gasteiger partial charge in [0.15, 0.2) is 0 Å². The van der Waals surface area contributed by atoms with Crippen molar-refractivity contribution in [3.8, 4) is 6.07 Å². The number of nitriles is 1. The van der Waals surface area contributed by atoms with Crippen molar-refractivity contribution in [2.75, 3.05) is 0 Å². The van der Waals surface area contributed by atoms with Gasteiger partial charge in [-0.15, -0.1) is 0 Å². The highest BCUT2D eigenvalue weighted by Crippen LogP contribution is 2.26. The van der Waals surface area contributed by atoms with Crippen molar-refractivity contribution >= 4 is 34.2 Å². The SMILES string of the molecule is Cc1cc2c(cc1Cl)nc(Cl)n2Cc1ccc(C#N)cn1. The number of fused-ring (bicyclic) bond motifs is 1. The van der Waals surface area contributed by atoms with Gasteiger partial charge in [0, 0.05) is 11.2 Å². The van der Waals surface area contributed by atoms with E-state index in [0.29, 0.717) is 22.4 Å².